The summed E-state index contributed by atoms with van der Waals surface area (Å²) in [6.45, 7) is 0.121. The number of hydrogen-bond donors (Lipinski definition) is 1. The Morgan fingerprint density at radius 3 is 2.62 bits per heavy atom. The van der Waals surface area contributed by atoms with Crippen LogP contribution in [0.5, 0.6) is 5.75 Å². The number of nitro groups is 1. The molecular weight excluding hydrogens is 343 g/mol. The van der Waals surface area contributed by atoms with Crippen LogP contribution in [0.25, 0.3) is 0 Å². The maximum atomic E-state index is 12.9. The third kappa shape index (κ3) is 4.04. The van der Waals surface area contributed by atoms with Crippen LogP contribution in [-0.2, 0) is 6.61 Å². The molecule has 0 atom stereocenters. The molecule has 3 rings (SSSR count). The van der Waals surface area contributed by atoms with Crippen molar-refractivity contribution in [2.75, 3.05) is 5.32 Å². The van der Waals surface area contributed by atoms with Gasteiger partial charge in [0, 0.05) is 0 Å². The molecule has 2 aromatic carbocycles. The molecule has 0 aliphatic carbocycles. The summed E-state index contributed by atoms with van der Waals surface area (Å²) in [5, 5.41) is 13.7. The first-order valence-electron chi connectivity index (χ1n) is 7.53. The Bertz CT molecular complexity index is 923. The Kier molecular flexibility index (Phi) is 4.93. The molecule has 3 aromatic rings. The highest BCUT2D eigenvalue weighted by atomic mass is 19.1. The van der Waals surface area contributed by atoms with Crippen molar-refractivity contribution in [3.05, 3.63) is 88.1 Å². The summed E-state index contributed by atoms with van der Waals surface area (Å²) in [7, 11) is 0. The van der Waals surface area contributed by atoms with E-state index in [1.54, 1.807) is 12.1 Å². The van der Waals surface area contributed by atoms with Gasteiger partial charge in [0.1, 0.15) is 23.9 Å². The minimum Gasteiger partial charge on any atom is -0.489 e. The number of carbonyl (C=O) groups excluding carboxylic acids is 1. The van der Waals surface area contributed by atoms with Gasteiger partial charge in [-0.05, 0) is 42.0 Å². The highest BCUT2D eigenvalue weighted by Gasteiger charge is 2.19. The molecule has 0 fully saturated rings. The van der Waals surface area contributed by atoms with E-state index in [-0.39, 0.29) is 35.3 Å². The molecule has 0 bridgehead atoms. The van der Waals surface area contributed by atoms with Crippen molar-refractivity contribution in [2.24, 2.45) is 0 Å². The predicted octanol–water partition coefficient (Wildman–Crippen LogP) is 4.16. The summed E-state index contributed by atoms with van der Waals surface area (Å²) in [6, 6.07) is 12.8. The van der Waals surface area contributed by atoms with Crippen LogP contribution in [0, 0.1) is 15.9 Å². The van der Waals surface area contributed by atoms with Gasteiger partial charge in [-0.1, -0.05) is 12.1 Å². The van der Waals surface area contributed by atoms with Crippen LogP contribution in [-0.4, -0.2) is 10.8 Å². The van der Waals surface area contributed by atoms with E-state index in [4.69, 9.17) is 9.15 Å². The minimum atomic E-state index is -0.623. The quantitative estimate of drug-likeness (QED) is 0.529. The lowest BCUT2D eigenvalue weighted by Gasteiger charge is -2.09. The molecule has 7 nitrogen and oxygen atoms in total. The molecule has 0 saturated carbocycles. The molecule has 1 heterocycles. The zero-order chi connectivity index (χ0) is 18.5. The van der Waals surface area contributed by atoms with Crippen molar-refractivity contribution in [3.63, 3.8) is 0 Å². The van der Waals surface area contributed by atoms with Crippen molar-refractivity contribution in [1.82, 2.24) is 0 Å². The predicted molar refractivity (Wildman–Crippen MR) is 90.5 cm³/mol. The van der Waals surface area contributed by atoms with Gasteiger partial charge in [0.15, 0.2) is 5.76 Å². The van der Waals surface area contributed by atoms with E-state index in [0.29, 0.717) is 5.56 Å². The minimum absolute atomic E-state index is 0.0190. The Morgan fingerprint density at radius 1 is 1.19 bits per heavy atom. The number of rotatable bonds is 6. The van der Waals surface area contributed by atoms with Gasteiger partial charge in [-0.3, -0.25) is 14.9 Å². The van der Waals surface area contributed by atoms with Gasteiger partial charge < -0.3 is 14.5 Å². The number of carbonyl (C=O) groups is 1. The Morgan fingerprint density at radius 2 is 1.96 bits per heavy atom. The number of nitrogens with one attached hydrogen (secondary N) is 1. The fraction of sp³-hybridized carbons (Fsp3) is 0.0556. The zero-order valence-corrected chi connectivity index (χ0v) is 13.3. The summed E-state index contributed by atoms with van der Waals surface area (Å²) in [5.41, 5.74) is 0.413. The van der Waals surface area contributed by atoms with Crippen LogP contribution in [0.4, 0.5) is 15.8 Å². The standard InChI is InChI=1S/C18H13FN2O5/c19-13-5-3-12(4-6-13)11-26-14-7-8-15(16(10-14)21(23)24)20-18(22)17-2-1-9-25-17/h1-10H,11H2,(H,20,22). The summed E-state index contributed by atoms with van der Waals surface area (Å²) < 4.78 is 23.3. The van der Waals surface area contributed by atoms with Crippen molar-refractivity contribution >= 4 is 17.3 Å². The molecule has 0 aliphatic heterocycles. The molecule has 26 heavy (non-hydrogen) atoms. The van der Waals surface area contributed by atoms with Crippen LogP contribution >= 0.6 is 0 Å². The first-order chi connectivity index (χ1) is 12.5. The number of ether oxygens (including phenoxy) is 1. The van der Waals surface area contributed by atoms with Crippen molar-refractivity contribution in [1.29, 1.82) is 0 Å². The average molecular weight is 356 g/mol. The summed E-state index contributed by atoms with van der Waals surface area (Å²) in [5.74, 6) is -0.674. The first kappa shape index (κ1) is 17.2. The zero-order valence-electron chi connectivity index (χ0n) is 13.3. The van der Waals surface area contributed by atoms with Gasteiger partial charge in [-0.25, -0.2) is 4.39 Å². The third-order valence-corrected chi connectivity index (χ3v) is 3.48. The molecule has 1 amide bonds. The lowest BCUT2D eigenvalue weighted by atomic mass is 10.2. The third-order valence-electron chi connectivity index (χ3n) is 3.48. The molecule has 132 valence electrons. The second kappa shape index (κ2) is 7.47. The normalized spacial score (nSPS) is 10.3. The summed E-state index contributed by atoms with van der Waals surface area (Å²) >= 11 is 0. The van der Waals surface area contributed by atoms with E-state index in [9.17, 15) is 19.3 Å². The highest BCUT2D eigenvalue weighted by molar-refractivity contribution is 6.03. The number of hydrogen-bond acceptors (Lipinski definition) is 5. The van der Waals surface area contributed by atoms with Gasteiger partial charge in [0.2, 0.25) is 0 Å². The number of benzene rings is 2. The van der Waals surface area contributed by atoms with E-state index >= 15 is 0 Å². The molecule has 0 spiro atoms. The molecule has 1 N–H and O–H groups in total. The maximum Gasteiger partial charge on any atom is 0.296 e. The molecular formula is C18H13FN2O5. The number of halogens is 1. The monoisotopic (exact) mass is 356 g/mol. The molecule has 0 unspecified atom stereocenters. The number of nitro benzene ring substituents is 1. The van der Waals surface area contributed by atoms with Crippen LogP contribution in [0.15, 0.2) is 65.3 Å². The topological polar surface area (TPSA) is 94.6 Å². The van der Waals surface area contributed by atoms with Crippen LogP contribution in [0.3, 0.4) is 0 Å². The number of furan rings is 1. The molecule has 8 heteroatoms. The van der Waals surface area contributed by atoms with Crippen LogP contribution < -0.4 is 10.1 Å². The molecule has 0 aliphatic rings. The first-order valence-corrected chi connectivity index (χ1v) is 7.53. The van der Waals surface area contributed by atoms with Crippen molar-refractivity contribution in [2.45, 2.75) is 6.61 Å². The second-order valence-corrected chi connectivity index (χ2v) is 5.28. The van der Waals surface area contributed by atoms with Gasteiger partial charge in [-0.2, -0.15) is 0 Å². The van der Waals surface area contributed by atoms with Gasteiger partial charge >= 0.3 is 0 Å². The number of anilines is 1. The SMILES string of the molecule is O=C(Nc1ccc(OCc2ccc(F)cc2)cc1[N+](=O)[O-])c1ccco1. The van der Waals surface area contributed by atoms with E-state index in [0.717, 1.165) is 0 Å². The van der Waals surface area contributed by atoms with E-state index in [1.165, 1.54) is 48.7 Å². The smallest absolute Gasteiger partial charge is 0.296 e. The Balaban J connectivity index is 1.74. The van der Waals surface area contributed by atoms with E-state index in [2.05, 4.69) is 5.32 Å². The highest BCUT2D eigenvalue weighted by Crippen LogP contribution is 2.30. The fourth-order valence-electron chi connectivity index (χ4n) is 2.20. The fourth-order valence-corrected chi connectivity index (χ4v) is 2.20. The van der Waals surface area contributed by atoms with Gasteiger partial charge in [0.25, 0.3) is 11.6 Å². The number of amides is 1. The molecule has 0 saturated heterocycles. The van der Waals surface area contributed by atoms with E-state index < -0.39 is 10.8 Å². The molecule has 1 aromatic heterocycles. The van der Waals surface area contributed by atoms with Gasteiger partial charge in [0.05, 0.1) is 17.3 Å². The Labute approximate surface area is 147 Å². The Hall–Kier alpha value is -3.68. The van der Waals surface area contributed by atoms with Crippen molar-refractivity contribution < 1.29 is 23.3 Å². The lowest BCUT2D eigenvalue weighted by molar-refractivity contribution is -0.384. The molecule has 0 radical (unpaired) electrons. The maximum absolute atomic E-state index is 12.9. The average Bonchev–Trinajstić information content (AvgIpc) is 3.17. The second-order valence-electron chi connectivity index (χ2n) is 5.28. The largest absolute Gasteiger partial charge is 0.489 e. The van der Waals surface area contributed by atoms with E-state index in [1.807, 2.05) is 0 Å². The van der Waals surface area contributed by atoms with Gasteiger partial charge in [-0.15, -0.1) is 0 Å². The lowest BCUT2D eigenvalue weighted by Crippen LogP contribution is -2.12. The summed E-state index contributed by atoms with van der Waals surface area (Å²) in [6.07, 6.45) is 1.33. The van der Waals surface area contributed by atoms with Crippen molar-refractivity contribution in [3.8, 4) is 5.75 Å². The number of nitrogens with zero attached hydrogens (tertiary/aromatic N) is 1. The summed E-state index contributed by atoms with van der Waals surface area (Å²) in [4.78, 5) is 22.6. The van der Waals surface area contributed by atoms with Crippen LogP contribution in [0.1, 0.15) is 16.1 Å². The van der Waals surface area contributed by atoms with Crippen LogP contribution in [0.2, 0.25) is 0 Å².